The summed E-state index contributed by atoms with van der Waals surface area (Å²) in [6.07, 6.45) is 2.29. The quantitative estimate of drug-likeness (QED) is 0.821. The molecule has 15 heavy (non-hydrogen) atoms. The number of fused-ring (bicyclic) bond motifs is 1. The van der Waals surface area contributed by atoms with Crippen molar-refractivity contribution in [3.8, 4) is 0 Å². The van der Waals surface area contributed by atoms with E-state index in [1.54, 1.807) is 6.92 Å². The number of aromatic nitrogens is 1. The Kier molecular flexibility index (Phi) is 2.56. The molecule has 1 amide bonds. The van der Waals surface area contributed by atoms with Gasteiger partial charge in [0.15, 0.2) is 5.78 Å². The number of aryl methyl sites for hydroxylation is 1. The lowest BCUT2D eigenvalue weighted by Gasteiger charge is -2.06. The summed E-state index contributed by atoms with van der Waals surface area (Å²) in [5.74, 6) is -0.640. The zero-order chi connectivity index (χ0) is 11.0. The zero-order valence-corrected chi connectivity index (χ0v) is 9.26. The summed E-state index contributed by atoms with van der Waals surface area (Å²) in [7, 11) is 0. The van der Waals surface area contributed by atoms with Gasteiger partial charge >= 0.3 is 0 Å². The van der Waals surface area contributed by atoms with Crippen molar-refractivity contribution < 1.29 is 9.59 Å². The van der Waals surface area contributed by atoms with Gasteiger partial charge in [0.25, 0.3) is 0 Å². The maximum Gasteiger partial charge on any atom is 0.227 e. The molecule has 1 unspecified atom stereocenters. The van der Waals surface area contributed by atoms with Crippen molar-refractivity contribution in [3.63, 3.8) is 0 Å². The third-order valence-electron chi connectivity index (χ3n) is 2.58. The Morgan fingerprint density at radius 3 is 2.87 bits per heavy atom. The summed E-state index contributed by atoms with van der Waals surface area (Å²) in [6.45, 7) is 1.72. The van der Waals surface area contributed by atoms with E-state index >= 15 is 0 Å². The number of nitrogens with zero attached hydrogens (tertiary/aromatic N) is 1. The second-order valence-electron chi connectivity index (χ2n) is 3.73. The van der Waals surface area contributed by atoms with Crippen LogP contribution in [0, 0.1) is 0 Å². The number of carbonyl (C=O) groups is 2. The molecular formula is C10H12N2O2S. The molecule has 0 saturated carbocycles. The van der Waals surface area contributed by atoms with Gasteiger partial charge in [0.2, 0.25) is 5.91 Å². The highest BCUT2D eigenvalue weighted by molar-refractivity contribution is 7.14. The molecule has 2 N–H and O–H groups in total. The summed E-state index contributed by atoms with van der Waals surface area (Å²) in [6, 6.07) is 0. The first-order valence-electron chi connectivity index (χ1n) is 4.91. The van der Waals surface area contributed by atoms with Gasteiger partial charge in [0.05, 0.1) is 16.5 Å². The van der Waals surface area contributed by atoms with E-state index in [1.165, 1.54) is 11.3 Å². The van der Waals surface area contributed by atoms with Crippen LogP contribution in [0.5, 0.6) is 0 Å². The van der Waals surface area contributed by atoms with Crippen LogP contribution in [-0.4, -0.2) is 16.7 Å². The number of Topliss-reactive ketones (excluding diaryl/α,β-unsaturated/α-hetero) is 1. The number of hydrogen-bond donors (Lipinski definition) is 1. The first kappa shape index (κ1) is 10.3. The molecular weight excluding hydrogens is 212 g/mol. The Bertz CT molecular complexity index is 425. The van der Waals surface area contributed by atoms with E-state index in [2.05, 4.69) is 4.98 Å². The Labute approximate surface area is 91.5 Å². The van der Waals surface area contributed by atoms with Crippen molar-refractivity contribution in [2.45, 2.75) is 32.1 Å². The minimum Gasteiger partial charge on any atom is -0.369 e. The highest BCUT2D eigenvalue weighted by Gasteiger charge is 2.25. The van der Waals surface area contributed by atoms with Crippen molar-refractivity contribution in [3.05, 3.63) is 15.6 Å². The second-order valence-corrected chi connectivity index (χ2v) is 4.76. The van der Waals surface area contributed by atoms with E-state index in [1.807, 2.05) is 0 Å². The molecule has 1 aromatic heterocycles. The number of amides is 1. The molecule has 0 bridgehead atoms. The number of hydrogen-bond acceptors (Lipinski definition) is 4. The zero-order valence-electron chi connectivity index (χ0n) is 8.45. The van der Waals surface area contributed by atoms with Crippen LogP contribution in [-0.2, 0) is 11.2 Å². The summed E-state index contributed by atoms with van der Waals surface area (Å²) >= 11 is 1.32. The lowest BCUT2D eigenvalue weighted by Crippen LogP contribution is -2.18. The van der Waals surface area contributed by atoms with Gasteiger partial charge in [-0.1, -0.05) is 0 Å². The fraction of sp³-hybridized carbons (Fsp3) is 0.500. The van der Waals surface area contributed by atoms with E-state index in [0.717, 1.165) is 23.4 Å². The Morgan fingerprint density at radius 1 is 1.53 bits per heavy atom. The molecule has 1 heterocycles. The molecule has 1 aromatic rings. The molecule has 0 aromatic carbocycles. The predicted molar refractivity (Wildman–Crippen MR) is 57.0 cm³/mol. The van der Waals surface area contributed by atoms with E-state index in [4.69, 9.17) is 5.73 Å². The molecule has 2 rings (SSSR count). The highest BCUT2D eigenvalue weighted by Crippen LogP contribution is 2.30. The van der Waals surface area contributed by atoms with Crippen LogP contribution in [0.1, 0.15) is 46.1 Å². The monoisotopic (exact) mass is 224 g/mol. The third kappa shape index (κ3) is 1.79. The molecule has 0 fully saturated rings. The van der Waals surface area contributed by atoms with Gasteiger partial charge in [-0.25, -0.2) is 4.98 Å². The molecule has 0 radical (unpaired) electrons. The summed E-state index contributed by atoms with van der Waals surface area (Å²) in [5.41, 5.74) is 6.05. The molecule has 1 atom stereocenters. The number of rotatable bonds is 2. The van der Waals surface area contributed by atoms with E-state index in [9.17, 15) is 9.59 Å². The molecule has 80 valence electrons. The maximum atomic E-state index is 11.5. The van der Waals surface area contributed by atoms with E-state index in [-0.39, 0.29) is 5.78 Å². The normalized spacial score (nSPS) is 17.3. The van der Waals surface area contributed by atoms with Crippen LogP contribution in [0.15, 0.2) is 0 Å². The standard InChI is InChI=1S/C10H12N2O2S/c1-5(9(11)14)10-12-6-3-2-4-7(13)8(6)15-10/h5H,2-4H2,1H3,(H2,11,14). The van der Waals surface area contributed by atoms with Crippen molar-refractivity contribution in [1.29, 1.82) is 0 Å². The van der Waals surface area contributed by atoms with Crippen LogP contribution < -0.4 is 5.73 Å². The van der Waals surface area contributed by atoms with Gasteiger partial charge in [-0.05, 0) is 19.8 Å². The Morgan fingerprint density at radius 2 is 2.27 bits per heavy atom. The van der Waals surface area contributed by atoms with Crippen LogP contribution >= 0.6 is 11.3 Å². The summed E-state index contributed by atoms with van der Waals surface area (Å²) < 4.78 is 0. The molecule has 1 aliphatic rings. The van der Waals surface area contributed by atoms with Gasteiger partial charge in [-0.2, -0.15) is 0 Å². The molecule has 5 heteroatoms. The smallest absolute Gasteiger partial charge is 0.227 e. The number of primary amides is 1. The van der Waals surface area contributed by atoms with Gasteiger partial charge in [0.1, 0.15) is 5.01 Å². The summed E-state index contributed by atoms with van der Waals surface area (Å²) in [5, 5.41) is 0.669. The lowest BCUT2D eigenvalue weighted by molar-refractivity contribution is -0.119. The molecule has 4 nitrogen and oxygen atoms in total. The molecule has 0 spiro atoms. The van der Waals surface area contributed by atoms with Gasteiger partial charge in [0, 0.05) is 6.42 Å². The molecule has 0 saturated heterocycles. The number of nitrogens with two attached hydrogens (primary N) is 1. The van der Waals surface area contributed by atoms with Crippen molar-refractivity contribution in [2.75, 3.05) is 0 Å². The number of ketones is 1. The van der Waals surface area contributed by atoms with Crippen molar-refractivity contribution in [1.82, 2.24) is 4.98 Å². The fourth-order valence-electron chi connectivity index (χ4n) is 1.59. The van der Waals surface area contributed by atoms with Crippen LogP contribution in [0.3, 0.4) is 0 Å². The van der Waals surface area contributed by atoms with Crippen molar-refractivity contribution in [2.24, 2.45) is 5.73 Å². The van der Waals surface area contributed by atoms with Crippen molar-refractivity contribution >= 4 is 23.0 Å². The largest absolute Gasteiger partial charge is 0.369 e. The molecule has 1 aliphatic carbocycles. The average Bonchev–Trinajstić information content (AvgIpc) is 2.61. The van der Waals surface area contributed by atoms with E-state index in [0.29, 0.717) is 11.4 Å². The minimum atomic E-state index is -0.395. The van der Waals surface area contributed by atoms with Crippen LogP contribution in [0.4, 0.5) is 0 Å². The Hall–Kier alpha value is -1.23. The fourth-order valence-corrected chi connectivity index (χ4v) is 2.73. The SMILES string of the molecule is CC(C(N)=O)c1nc2c(s1)C(=O)CCC2. The number of thiazole rings is 1. The van der Waals surface area contributed by atoms with E-state index < -0.39 is 11.8 Å². The number of carbonyl (C=O) groups excluding carboxylic acids is 2. The summed E-state index contributed by atoms with van der Waals surface area (Å²) in [4.78, 5) is 27.6. The molecule has 0 aliphatic heterocycles. The van der Waals surface area contributed by atoms with Crippen LogP contribution in [0.2, 0.25) is 0 Å². The van der Waals surface area contributed by atoms with Gasteiger partial charge in [-0.15, -0.1) is 11.3 Å². The maximum absolute atomic E-state index is 11.5. The Balaban J connectivity index is 2.37. The minimum absolute atomic E-state index is 0.150. The first-order valence-corrected chi connectivity index (χ1v) is 5.73. The topological polar surface area (TPSA) is 73.1 Å². The lowest BCUT2D eigenvalue weighted by atomic mass is 10.0. The van der Waals surface area contributed by atoms with Gasteiger partial charge < -0.3 is 5.73 Å². The van der Waals surface area contributed by atoms with Gasteiger partial charge in [-0.3, -0.25) is 9.59 Å². The first-order chi connectivity index (χ1) is 7.09. The third-order valence-corrected chi connectivity index (χ3v) is 3.90. The average molecular weight is 224 g/mol. The predicted octanol–water partition coefficient (Wildman–Crippen LogP) is 1.25. The highest BCUT2D eigenvalue weighted by atomic mass is 32.1. The van der Waals surface area contributed by atoms with Crippen LogP contribution in [0.25, 0.3) is 0 Å². The second kappa shape index (κ2) is 3.73.